The molecule has 3 N–H and O–H groups in total. The molecule has 0 aliphatic heterocycles. The van der Waals surface area contributed by atoms with Gasteiger partial charge in [-0.15, -0.1) is 0 Å². The van der Waals surface area contributed by atoms with E-state index in [0.717, 1.165) is 12.1 Å². The molecule has 2 aromatic rings. The van der Waals surface area contributed by atoms with E-state index in [9.17, 15) is 19.3 Å². The topological polar surface area (TPSA) is 127 Å². The van der Waals surface area contributed by atoms with E-state index in [4.69, 9.17) is 9.84 Å². The van der Waals surface area contributed by atoms with Gasteiger partial charge in [-0.2, -0.15) is 0 Å². The molecule has 120 valence electrons. The Morgan fingerprint density at radius 2 is 2.17 bits per heavy atom. The Kier molecular flexibility index (Phi) is 4.55. The van der Waals surface area contributed by atoms with Crippen LogP contribution in [0.3, 0.4) is 0 Å². The summed E-state index contributed by atoms with van der Waals surface area (Å²) >= 11 is 0. The summed E-state index contributed by atoms with van der Waals surface area (Å²) < 4.78 is 19.1. The molecule has 10 heteroatoms. The van der Waals surface area contributed by atoms with Crippen LogP contribution in [-0.4, -0.2) is 28.2 Å². The van der Waals surface area contributed by atoms with Crippen molar-refractivity contribution >= 4 is 23.3 Å². The molecule has 0 fully saturated rings. The lowest BCUT2D eigenvalue weighted by atomic mass is 10.3. The van der Waals surface area contributed by atoms with Crippen molar-refractivity contribution in [2.45, 2.75) is 0 Å². The van der Waals surface area contributed by atoms with Gasteiger partial charge in [-0.3, -0.25) is 15.4 Å². The average Bonchev–Trinajstić information content (AvgIpc) is 2.49. The van der Waals surface area contributed by atoms with Gasteiger partial charge in [0.15, 0.2) is 5.82 Å². The second-order valence-corrected chi connectivity index (χ2v) is 4.19. The minimum absolute atomic E-state index is 0.00265. The van der Waals surface area contributed by atoms with Gasteiger partial charge in [0.2, 0.25) is 11.6 Å². The molecular formula is C13H11FN4O5. The zero-order valence-electron chi connectivity index (χ0n) is 11.7. The monoisotopic (exact) mass is 322 g/mol. The summed E-state index contributed by atoms with van der Waals surface area (Å²) in [4.78, 5) is 24.7. The third kappa shape index (κ3) is 3.61. The molecule has 0 saturated heterocycles. The fraction of sp³-hybridized carbons (Fsp3) is 0.0769. The highest BCUT2D eigenvalue weighted by Gasteiger charge is 2.22. The van der Waals surface area contributed by atoms with E-state index in [0.29, 0.717) is 0 Å². The van der Waals surface area contributed by atoms with Crippen LogP contribution < -0.4 is 15.4 Å². The fourth-order valence-electron chi connectivity index (χ4n) is 1.78. The number of rotatable bonds is 5. The third-order valence-corrected chi connectivity index (χ3v) is 2.72. The standard InChI is InChI=1S/C13H11FN4O5/c1-15-12-11(18(21)22)10(4-5-16-12)23-7-2-3-9(8(14)6-7)17-13(19)20/h2-6,17H,1H3,(H,15,16)(H,19,20). The number of amides is 1. The summed E-state index contributed by atoms with van der Waals surface area (Å²) in [5.41, 5.74) is -0.659. The first-order chi connectivity index (χ1) is 10.9. The lowest BCUT2D eigenvalue weighted by molar-refractivity contribution is -0.385. The molecule has 23 heavy (non-hydrogen) atoms. The number of ether oxygens (including phenoxy) is 1. The van der Waals surface area contributed by atoms with Crippen molar-refractivity contribution in [3.05, 3.63) is 46.4 Å². The number of hydrogen-bond acceptors (Lipinski definition) is 6. The zero-order chi connectivity index (χ0) is 17.0. The van der Waals surface area contributed by atoms with Crippen LogP contribution in [0.2, 0.25) is 0 Å². The number of pyridine rings is 1. The highest BCUT2D eigenvalue weighted by Crippen LogP contribution is 2.36. The molecule has 0 atom stereocenters. The molecule has 0 aliphatic carbocycles. The van der Waals surface area contributed by atoms with Crippen LogP contribution in [0.1, 0.15) is 0 Å². The quantitative estimate of drug-likeness (QED) is 0.570. The lowest BCUT2D eigenvalue weighted by Gasteiger charge is -2.09. The smallest absolute Gasteiger partial charge is 0.409 e. The number of hydrogen-bond donors (Lipinski definition) is 3. The van der Waals surface area contributed by atoms with Crippen LogP contribution in [0.5, 0.6) is 11.5 Å². The van der Waals surface area contributed by atoms with Gasteiger partial charge in [0.05, 0.1) is 10.6 Å². The molecule has 0 saturated carbocycles. The molecular weight excluding hydrogens is 311 g/mol. The Morgan fingerprint density at radius 3 is 2.74 bits per heavy atom. The maximum atomic E-state index is 13.8. The predicted octanol–water partition coefficient (Wildman–Crippen LogP) is 3.05. The van der Waals surface area contributed by atoms with Crippen molar-refractivity contribution in [2.24, 2.45) is 0 Å². The number of halogens is 1. The minimum atomic E-state index is -1.42. The number of carboxylic acid groups (broad SMARTS) is 1. The first-order valence-corrected chi connectivity index (χ1v) is 6.21. The van der Waals surface area contributed by atoms with Crippen molar-refractivity contribution in [2.75, 3.05) is 17.7 Å². The normalized spacial score (nSPS) is 10.0. The van der Waals surface area contributed by atoms with Gasteiger partial charge < -0.3 is 15.2 Å². The maximum Gasteiger partial charge on any atom is 0.409 e. The molecule has 1 heterocycles. The number of carbonyl (C=O) groups is 1. The molecule has 1 aromatic carbocycles. The molecule has 0 radical (unpaired) electrons. The second-order valence-electron chi connectivity index (χ2n) is 4.19. The van der Waals surface area contributed by atoms with Crippen LogP contribution >= 0.6 is 0 Å². The van der Waals surface area contributed by atoms with E-state index in [1.165, 1.54) is 25.4 Å². The number of nitro groups is 1. The summed E-state index contributed by atoms with van der Waals surface area (Å²) in [5, 5.41) is 24.1. The highest BCUT2D eigenvalue weighted by atomic mass is 19.1. The maximum absolute atomic E-state index is 13.8. The van der Waals surface area contributed by atoms with Crippen LogP contribution in [0.4, 0.5) is 26.4 Å². The van der Waals surface area contributed by atoms with E-state index in [1.54, 1.807) is 0 Å². The van der Waals surface area contributed by atoms with Gasteiger partial charge in [-0.05, 0) is 12.1 Å². The molecule has 9 nitrogen and oxygen atoms in total. The first kappa shape index (κ1) is 15.9. The first-order valence-electron chi connectivity index (χ1n) is 6.21. The number of aromatic nitrogens is 1. The van der Waals surface area contributed by atoms with Crippen molar-refractivity contribution in [1.29, 1.82) is 0 Å². The SMILES string of the molecule is CNc1nccc(Oc2ccc(NC(=O)O)c(F)c2)c1[N+](=O)[O-]. The van der Waals surface area contributed by atoms with Crippen LogP contribution in [0, 0.1) is 15.9 Å². The van der Waals surface area contributed by atoms with E-state index in [2.05, 4.69) is 10.3 Å². The number of anilines is 2. The zero-order valence-corrected chi connectivity index (χ0v) is 11.7. The third-order valence-electron chi connectivity index (χ3n) is 2.72. The molecule has 2 rings (SSSR count). The molecule has 1 aromatic heterocycles. The summed E-state index contributed by atoms with van der Waals surface area (Å²) in [6.45, 7) is 0. The van der Waals surface area contributed by atoms with Crippen molar-refractivity contribution in [3.8, 4) is 11.5 Å². The van der Waals surface area contributed by atoms with Gasteiger partial charge >= 0.3 is 11.8 Å². The predicted molar refractivity (Wildman–Crippen MR) is 78.6 cm³/mol. The fourth-order valence-corrected chi connectivity index (χ4v) is 1.78. The molecule has 0 unspecified atom stereocenters. The number of nitrogens with zero attached hydrogens (tertiary/aromatic N) is 2. The van der Waals surface area contributed by atoms with E-state index >= 15 is 0 Å². The summed E-state index contributed by atoms with van der Waals surface area (Å²) in [6, 6.07) is 4.59. The van der Waals surface area contributed by atoms with Crippen molar-refractivity contribution in [1.82, 2.24) is 4.98 Å². The summed E-state index contributed by atoms with van der Waals surface area (Å²) in [6.07, 6.45) is -0.119. The highest BCUT2D eigenvalue weighted by molar-refractivity contribution is 5.83. The molecule has 0 bridgehead atoms. The van der Waals surface area contributed by atoms with Crippen LogP contribution in [-0.2, 0) is 0 Å². The lowest BCUT2D eigenvalue weighted by Crippen LogP contribution is -2.08. The van der Waals surface area contributed by atoms with Crippen molar-refractivity contribution in [3.63, 3.8) is 0 Å². The van der Waals surface area contributed by atoms with Gasteiger partial charge in [-0.25, -0.2) is 14.2 Å². The Balaban J connectivity index is 2.34. The average molecular weight is 322 g/mol. The van der Waals surface area contributed by atoms with Gasteiger partial charge in [-0.1, -0.05) is 0 Å². The summed E-state index contributed by atoms with van der Waals surface area (Å²) in [5.74, 6) is -1.05. The van der Waals surface area contributed by atoms with E-state index in [1.807, 2.05) is 5.32 Å². The number of benzene rings is 1. The molecule has 0 aliphatic rings. The second kappa shape index (κ2) is 6.56. The van der Waals surface area contributed by atoms with Gasteiger partial charge in [0.25, 0.3) is 0 Å². The van der Waals surface area contributed by atoms with Crippen LogP contribution in [0.15, 0.2) is 30.5 Å². The Labute approximate surface area is 128 Å². The minimum Gasteiger partial charge on any atom is -0.465 e. The van der Waals surface area contributed by atoms with Crippen LogP contribution in [0.25, 0.3) is 0 Å². The Bertz CT molecular complexity index is 768. The van der Waals surface area contributed by atoms with Crippen molar-refractivity contribution < 1.29 is 24.0 Å². The van der Waals surface area contributed by atoms with Gasteiger partial charge in [0.1, 0.15) is 5.75 Å². The van der Waals surface area contributed by atoms with Gasteiger partial charge in [0, 0.05) is 25.4 Å². The van der Waals surface area contributed by atoms with E-state index in [-0.39, 0.29) is 23.0 Å². The number of nitrogens with one attached hydrogen (secondary N) is 2. The Morgan fingerprint density at radius 1 is 1.43 bits per heavy atom. The Hall–Kier alpha value is -3.43. The molecule has 1 amide bonds. The largest absolute Gasteiger partial charge is 0.465 e. The van der Waals surface area contributed by atoms with E-state index < -0.39 is 22.5 Å². The molecule has 0 spiro atoms. The summed E-state index contributed by atoms with van der Waals surface area (Å²) in [7, 11) is 1.46.